The number of nitrogens with one attached hydrogen (secondary N) is 2. The molecule has 0 bridgehead atoms. The second-order valence-electron chi connectivity index (χ2n) is 6.40. The maximum Gasteiger partial charge on any atom is 0.329 e. The van der Waals surface area contributed by atoms with Gasteiger partial charge in [-0.1, -0.05) is 19.9 Å². The van der Waals surface area contributed by atoms with Crippen LogP contribution in [0.15, 0.2) is 52.0 Å². The first-order chi connectivity index (χ1) is 13.6. The van der Waals surface area contributed by atoms with Crippen LogP contribution in [0.4, 0.5) is 5.69 Å². The first-order valence-electron chi connectivity index (χ1n) is 8.51. The molecule has 29 heavy (non-hydrogen) atoms. The quantitative estimate of drug-likeness (QED) is 0.531. The molecule has 0 fully saturated rings. The number of amides is 2. The van der Waals surface area contributed by atoms with Crippen LogP contribution in [0.1, 0.15) is 24.4 Å². The van der Waals surface area contributed by atoms with Gasteiger partial charge in [0.1, 0.15) is 6.04 Å². The number of ether oxygens (including phenoxy) is 1. The molecule has 1 unspecified atom stereocenters. The number of esters is 1. The van der Waals surface area contributed by atoms with Gasteiger partial charge in [-0.2, -0.15) is 0 Å². The third kappa shape index (κ3) is 6.43. The summed E-state index contributed by atoms with van der Waals surface area (Å²) in [4.78, 5) is 36.2. The van der Waals surface area contributed by atoms with Gasteiger partial charge in [0.05, 0.1) is 11.2 Å². The molecule has 1 aromatic carbocycles. The van der Waals surface area contributed by atoms with Gasteiger partial charge in [0, 0.05) is 5.69 Å². The Morgan fingerprint density at radius 1 is 1.17 bits per heavy atom. The van der Waals surface area contributed by atoms with Crippen molar-refractivity contribution in [2.24, 2.45) is 11.1 Å². The predicted molar refractivity (Wildman–Crippen MR) is 102 cm³/mol. The Bertz CT molecular complexity index is 985. The van der Waals surface area contributed by atoms with Crippen molar-refractivity contribution in [2.45, 2.75) is 24.8 Å². The molecule has 10 nitrogen and oxygen atoms in total. The van der Waals surface area contributed by atoms with E-state index in [1.807, 2.05) is 0 Å². The average Bonchev–Trinajstić information content (AvgIpc) is 3.18. The molecule has 0 radical (unpaired) electrons. The minimum atomic E-state index is -3.92. The van der Waals surface area contributed by atoms with E-state index in [1.165, 1.54) is 42.7 Å². The van der Waals surface area contributed by atoms with Crippen LogP contribution in [0.3, 0.4) is 0 Å². The summed E-state index contributed by atoms with van der Waals surface area (Å²) in [7, 11) is -3.92. The molecule has 1 heterocycles. The van der Waals surface area contributed by atoms with Gasteiger partial charge in [0.2, 0.25) is 10.0 Å². The highest BCUT2D eigenvalue weighted by atomic mass is 32.2. The molecule has 2 rings (SSSR count). The number of carbonyl (C=O) groups excluding carboxylic acids is 3. The molecule has 0 saturated heterocycles. The van der Waals surface area contributed by atoms with Crippen molar-refractivity contribution in [3.63, 3.8) is 0 Å². The molecule has 0 saturated carbocycles. The van der Waals surface area contributed by atoms with E-state index in [4.69, 9.17) is 14.3 Å². The molecule has 0 aliphatic heterocycles. The van der Waals surface area contributed by atoms with Gasteiger partial charge in [-0.3, -0.25) is 9.59 Å². The molecule has 2 amide bonds. The van der Waals surface area contributed by atoms with Gasteiger partial charge in [-0.25, -0.2) is 18.4 Å². The summed E-state index contributed by atoms with van der Waals surface area (Å²) in [5.41, 5.74) is 0.170. The average molecular weight is 423 g/mol. The third-order valence-corrected chi connectivity index (χ3v) is 4.66. The van der Waals surface area contributed by atoms with Crippen LogP contribution in [-0.4, -0.2) is 38.9 Å². The molecule has 11 heteroatoms. The maximum atomic E-state index is 12.3. The summed E-state index contributed by atoms with van der Waals surface area (Å²) in [5.74, 6) is -2.35. The summed E-state index contributed by atoms with van der Waals surface area (Å²) in [6.45, 7) is 2.78. The van der Waals surface area contributed by atoms with Crippen LogP contribution in [0, 0.1) is 5.92 Å². The summed E-state index contributed by atoms with van der Waals surface area (Å²) in [5, 5.41) is 9.94. The van der Waals surface area contributed by atoms with E-state index in [0.29, 0.717) is 0 Å². The van der Waals surface area contributed by atoms with Gasteiger partial charge in [-0.05, 0) is 36.2 Å². The molecule has 0 aliphatic rings. The van der Waals surface area contributed by atoms with E-state index in [9.17, 15) is 22.8 Å². The van der Waals surface area contributed by atoms with Crippen molar-refractivity contribution in [3.05, 3.63) is 48.4 Å². The topological polar surface area (TPSA) is 158 Å². The van der Waals surface area contributed by atoms with Gasteiger partial charge in [0.25, 0.3) is 11.8 Å². The lowest BCUT2D eigenvalue weighted by atomic mass is 10.0. The van der Waals surface area contributed by atoms with Crippen LogP contribution in [0.5, 0.6) is 0 Å². The van der Waals surface area contributed by atoms with E-state index in [0.717, 1.165) is 0 Å². The molecule has 4 N–H and O–H groups in total. The minimum Gasteiger partial charge on any atom is -0.459 e. The first-order valence-corrected chi connectivity index (χ1v) is 10.1. The Balaban J connectivity index is 1.94. The Hall–Kier alpha value is -3.18. The van der Waals surface area contributed by atoms with Gasteiger partial charge in [-0.15, -0.1) is 0 Å². The number of sulfonamides is 1. The zero-order chi connectivity index (χ0) is 21.6. The second kappa shape index (κ2) is 9.34. The predicted octanol–water partition coefficient (Wildman–Crippen LogP) is 0.863. The van der Waals surface area contributed by atoms with Crippen molar-refractivity contribution in [3.8, 4) is 0 Å². The normalized spacial score (nSPS) is 12.3. The van der Waals surface area contributed by atoms with Crippen LogP contribution in [0.2, 0.25) is 0 Å². The van der Waals surface area contributed by atoms with E-state index >= 15 is 0 Å². The van der Waals surface area contributed by atoms with E-state index < -0.39 is 40.5 Å². The standard InChI is InChI=1S/C18H21N3O7S/c1-11(2)16(21-17(23)14-7-4-8-27-14)18(24)28-10-15(22)20-12-5-3-6-13(9-12)29(19,25)26/h3-9,11,16H,10H2,1-2H3,(H,20,22)(H,21,23)(H2,19,25,26). The van der Waals surface area contributed by atoms with Crippen molar-refractivity contribution in [1.82, 2.24) is 5.32 Å². The minimum absolute atomic E-state index is 0.0379. The van der Waals surface area contributed by atoms with Crippen LogP contribution in [0.25, 0.3) is 0 Å². The maximum absolute atomic E-state index is 12.3. The molecule has 156 valence electrons. The SMILES string of the molecule is CC(C)C(NC(=O)c1ccco1)C(=O)OCC(=O)Nc1cccc(S(N)(=O)=O)c1. The van der Waals surface area contributed by atoms with Crippen LogP contribution < -0.4 is 15.8 Å². The molecule has 1 atom stereocenters. The largest absolute Gasteiger partial charge is 0.459 e. The fraction of sp³-hybridized carbons (Fsp3) is 0.278. The smallest absolute Gasteiger partial charge is 0.329 e. The highest BCUT2D eigenvalue weighted by Gasteiger charge is 2.27. The van der Waals surface area contributed by atoms with Crippen molar-refractivity contribution >= 4 is 33.5 Å². The Kier molecular flexibility index (Phi) is 7.13. The summed E-state index contributed by atoms with van der Waals surface area (Å²) in [6.07, 6.45) is 1.33. The third-order valence-electron chi connectivity index (χ3n) is 3.74. The van der Waals surface area contributed by atoms with E-state index in [1.54, 1.807) is 13.8 Å². The fourth-order valence-electron chi connectivity index (χ4n) is 2.29. The fourth-order valence-corrected chi connectivity index (χ4v) is 2.85. The molecule has 0 spiro atoms. The number of rotatable bonds is 8. The Morgan fingerprint density at radius 2 is 1.90 bits per heavy atom. The number of hydrogen-bond donors (Lipinski definition) is 3. The highest BCUT2D eigenvalue weighted by Crippen LogP contribution is 2.14. The molecular formula is C18H21N3O7S. The van der Waals surface area contributed by atoms with E-state index in [-0.39, 0.29) is 22.3 Å². The Morgan fingerprint density at radius 3 is 2.48 bits per heavy atom. The van der Waals surface area contributed by atoms with Crippen LogP contribution in [-0.2, 0) is 24.3 Å². The monoisotopic (exact) mass is 423 g/mol. The number of benzene rings is 1. The summed E-state index contributed by atoms with van der Waals surface area (Å²) < 4.78 is 32.7. The number of carbonyl (C=O) groups is 3. The van der Waals surface area contributed by atoms with Gasteiger partial charge in [0.15, 0.2) is 12.4 Å². The van der Waals surface area contributed by atoms with Crippen molar-refractivity contribution in [1.29, 1.82) is 0 Å². The lowest BCUT2D eigenvalue weighted by molar-refractivity contribution is -0.150. The number of anilines is 1. The molecule has 1 aromatic heterocycles. The molecule has 2 aromatic rings. The van der Waals surface area contributed by atoms with E-state index in [2.05, 4.69) is 10.6 Å². The number of primary sulfonamides is 1. The van der Waals surface area contributed by atoms with Gasteiger partial charge >= 0.3 is 5.97 Å². The first kappa shape index (κ1) is 22.1. The number of nitrogens with two attached hydrogens (primary N) is 1. The number of hydrogen-bond acceptors (Lipinski definition) is 7. The lowest BCUT2D eigenvalue weighted by Crippen LogP contribution is -2.45. The lowest BCUT2D eigenvalue weighted by Gasteiger charge is -2.20. The van der Waals surface area contributed by atoms with Crippen molar-refractivity contribution in [2.75, 3.05) is 11.9 Å². The van der Waals surface area contributed by atoms with Gasteiger partial charge < -0.3 is 19.8 Å². The number of furan rings is 1. The zero-order valence-electron chi connectivity index (χ0n) is 15.7. The second-order valence-corrected chi connectivity index (χ2v) is 7.96. The van der Waals surface area contributed by atoms with Crippen LogP contribution >= 0.6 is 0 Å². The summed E-state index contributed by atoms with van der Waals surface area (Å²) in [6, 6.07) is 7.30. The molecular weight excluding hydrogens is 402 g/mol. The Labute approximate surface area is 167 Å². The molecule has 0 aliphatic carbocycles. The highest BCUT2D eigenvalue weighted by molar-refractivity contribution is 7.89. The van der Waals surface area contributed by atoms with Crippen molar-refractivity contribution < 1.29 is 32.0 Å². The zero-order valence-corrected chi connectivity index (χ0v) is 16.6. The summed E-state index contributed by atoms with van der Waals surface area (Å²) >= 11 is 0.